The zero-order valence-corrected chi connectivity index (χ0v) is 19.5. The van der Waals surface area contributed by atoms with Gasteiger partial charge in [0.1, 0.15) is 0 Å². The largest absolute Gasteiger partial charge is 0.325 e. The van der Waals surface area contributed by atoms with Crippen LogP contribution in [-0.2, 0) is 4.79 Å². The van der Waals surface area contributed by atoms with Crippen LogP contribution >= 0.6 is 11.8 Å². The first kappa shape index (κ1) is 21.8. The number of nitrogens with one attached hydrogen (secondary N) is 1. The molecule has 4 aromatic rings. The van der Waals surface area contributed by atoms with Gasteiger partial charge in [0.2, 0.25) is 5.91 Å². The average molecular weight is 443 g/mol. The minimum atomic E-state index is -0.0647. The van der Waals surface area contributed by atoms with Crippen LogP contribution in [0, 0.1) is 27.7 Å². The lowest BCUT2D eigenvalue weighted by molar-refractivity contribution is -0.113. The predicted molar refractivity (Wildman–Crippen MR) is 132 cm³/mol. The normalized spacial score (nSPS) is 10.9. The highest BCUT2D eigenvalue weighted by atomic mass is 32.2. The molecule has 0 bridgehead atoms. The summed E-state index contributed by atoms with van der Waals surface area (Å²) in [6, 6.07) is 22.3. The SMILES string of the molecule is Cc1cc(C)c(NC(=O)CSc2nnc(-c3ccccc3C)n2-c2ccccc2)c(C)c1. The molecule has 0 aliphatic carbocycles. The van der Waals surface area contributed by atoms with Gasteiger partial charge in [0.25, 0.3) is 0 Å². The van der Waals surface area contributed by atoms with Gasteiger partial charge < -0.3 is 5.32 Å². The number of nitrogens with zero attached hydrogens (tertiary/aromatic N) is 3. The summed E-state index contributed by atoms with van der Waals surface area (Å²) in [5.74, 6) is 0.943. The van der Waals surface area contributed by atoms with Gasteiger partial charge in [-0.2, -0.15) is 0 Å². The molecule has 1 heterocycles. The second kappa shape index (κ2) is 9.40. The van der Waals surface area contributed by atoms with Crippen LogP contribution in [0.15, 0.2) is 71.9 Å². The number of para-hydroxylation sites is 1. The summed E-state index contributed by atoms with van der Waals surface area (Å²) in [6.07, 6.45) is 0. The number of benzene rings is 3. The molecule has 6 heteroatoms. The van der Waals surface area contributed by atoms with Crippen LogP contribution in [0.1, 0.15) is 22.3 Å². The Hall–Kier alpha value is -3.38. The maximum absolute atomic E-state index is 12.8. The summed E-state index contributed by atoms with van der Waals surface area (Å²) < 4.78 is 2.02. The standard InChI is InChI=1S/C26H26N4OS/c1-17-14-19(3)24(20(4)15-17)27-23(31)16-32-26-29-28-25(22-13-9-8-10-18(22)2)30(26)21-11-6-5-7-12-21/h5-15H,16H2,1-4H3,(H,27,31). The molecule has 0 saturated carbocycles. The smallest absolute Gasteiger partial charge is 0.234 e. The second-order valence-electron chi connectivity index (χ2n) is 7.90. The Bertz CT molecular complexity index is 1240. The van der Waals surface area contributed by atoms with Crippen LogP contribution in [0.25, 0.3) is 17.1 Å². The molecule has 4 rings (SSSR count). The van der Waals surface area contributed by atoms with Crippen LogP contribution in [-0.4, -0.2) is 26.4 Å². The number of hydrogen-bond acceptors (Lipinski definition) is 4. The van der Waals surface area contributed by atoms with Gasteiger partial charge in [0.05, 0.1) is 5.75 Å². The van der Waals surface area contributed by atoms with Crippen molar-refractivity contribution in [3.05, 3.63) is 89.0 Å². The summed E-state index contributed by atoms with van der Waals surface area (Å²) in [6.45, 7) is 8.16. The Labute approximate surface area is 192 Å². The van der Waals surface area contributed by atoms with E-state index in [1.165, 1.54) is 17.3 Å². The summed E-state index contributed by atoms with van der Waals surface area (Å²) in [5.41, 5.74) is 7.30. The van der Waals surface area contributed by atoms with Crippen LogP contribution in [0.5, 0.6) is 0 Å². The van der Waals surface area contributed by atoms with Crippen molar-refractivity contribution in [2.45, 2.75) is 32.9 Å². The van der Waals surface area contributed by atoms with Gasteiger partial charge in [-0.3, -0.25) is 9.36 Å². The zero-order chi connectivity index (χ0) is 22.7. The number of rotatable bonds is 6. The van der Waals surface area contributed by atoms with E-state index in [0.717, 1.165) is 39.5 Å². The summed E-state index contributed by atoms with van der Waals surface area (Å²) in [4.78, 5) is 12.8. The second-order valence-corrected chi connectivity index (χ2v) is 8.85. The predicted octanol–water partition coefficient (Wildman–Crippen LogP) is 5.90. The highest BCUT2D eigenvalue weighted by Crippen LogP contribution is 2.30. The number of carbonyl (C=O) groups is 1. The summed E-state index contributed by atoms with van der Waals surface area (Å²) in [7, 11) is 0. The lowest BCUT2D eigenvalue weighted by Gasteiger charge is -2.13. The van der Waals surface area contributed by atoms with Crippen LogP contribution in [0.2, 0.25) is 0 Å². The number of anilines is 1. The minimum Gasteiger partial charge on any atom is -0.325 e. The van der Waals surface area contributed by atoms with Crippen LogP contribution < -0.4 is 5.32 Å². The van der Waals surface area contributed by atoms with E-state index >= 15 is 0 Å². The fourth-order valence-electron chi connectivity index (χ4n) is 3.85. The Balaban J connectivity index is 1.61. The van der Waals surface area contributed by atoms with Crippen LogP contribution in [0.4, 0.5) is 5.69 Å². The lowest BCUT2D eigenvalue weighted by atomic mass is 10.1. The van der Waals surface area contributed by atoms with Gasteiger partial charge in [-0.1, -0.05) is 71.9 Å². The molecule has 32 heavy (non-hydrogen) atoms. The van der Waals surface area contributed by atoms with E-state index in [1.807, 2.05) is 66.9 Å². The Morgan fingerprint density at radius 1 is 0.875 bits per heavy atom. The Morgan fingerprint density at radius 3 is 2.22 bits per heavy atom. The van der Waals surface area contributed by atoms with Gasteiger partial charge >= 0.3 is 0 Å². The molecular formula is C26H26N4OS. The fourth-order valence-corrected chi connectivity index (χ4v) is 4.61. The summed E-state index contributed by atoms with van der Waals surface area (Å²) in [5, 5.41) is 12.7. The van der Waals surface area contributed by atoms with Crippen molar-refractivity contribution < 1.29 is 4.79 Å². The molecule has 0 aliphatic rings. The zero-order valence-electron chi connectivity index (χ0n) is 18.7. The Kier molecular flexibility index (Phi) is 6.42. The molecule has 0 spiro atoms. The Morgan fingerprint density at radius 2 is 1.53 bits per heavy atom. The molecule has 1 aromatic heterocycles. The number of thioether (sulfide) groups is 1. The molecule has 0 unspecified atom stereocenters. The third-order valence-corrected chi connectivity index (χ3v) is 6.24. The first-order chi connectivity index (χ1) is 15.4. The number of aromatic nitrogens is 3. The summed E-state index contributed by atoms with van der Waals surface area (Å²) >= 11 is 1.38. The molecule has 3 aromatic carbocycles. The molecule has 0 radical (unpaired) electrons. The van der Waals surface area contributed by atoms with Crippen molar-refractivity contribution >= 4 is 23.4 Å². The first-order valence-corrected chi connectivity index (χ1v) is 11.5. The highest BCUT2D eigenvalue weighted by molar-refractivity contribution is 7.99. The quantitative estimate of drug-likeness (QED) is 0.378. The van der Waals surface area contributed by atoms with E-state index in [1.54, 1.807) is 0 Å². The molecule has 0 fully saturated rings. The van der Waals surface area contributed by atoms with E-state index in [2.05, 4.69) is 47.6 Å². The molecule has 1 amide bonds. The maximum Gasteiger partial charge on any atom is 0.234 e. The molecule has 0 atom stereocenters. The first-order valence-electron chi connectivity index (χ1n) is 10.5. The molecule has 5 nitrogen and oxygen atoms in total. The average Bonchev–Trinajstić information content (AvgIpc) is 3.19. The molecular weight excluding hydrogens is 416 g/mol. The number of carbonyl (C=O) groups excluding carboxylic acids is 1. The third kappa shape index (κ3) is 4.60. The number of hydrogen-bond donors (Lipinski definition) is 1. The maximum atomic E-state index is 12.8. The van der Waals surface area contributed by atoms with E-state index in [9.17, 15) is 4.79 Å². The van der Waals surface area contributed by atoms with Crippen molar-refractivity contribution in [2.75, 3.05) is 11.1 Å². The van der Waals surface area contributed by atoms with Crippen molar-refractivity contribution in [3.63, 3.8) is 0 Å². The monoisotopic (exact) mass is 442 g/mol. The van der Waals surface area contributed by atoms with Crippen molar-refractivity contribution in [1.82, 2.24) is 14.8 Å². The van der Waals surface area contributed by atoms with Crippen LogP contribution in [0.3, 0.4) is 0 Å². The van der Waals surface area contributed by atoms with Crippen molar-refractivity contribution in [1.29, 1.82) is 0 Å². The van der Waals surface area contributed by atoms with Gasteiger partial charge in [0, 0.05) is 16.9 Å². The molecule has 0 saturated heterocycles. The molecule has 162 valence electrons. The van der Waals surface area contributed by atoms with E-state index in [4.69, 9.17) is 0 Å². The third-order valence-electron chi connectivity index (χ3n) is 5.31. The van der Waals surface area contributed by atoms with E-state index in [0.29, 0.717) is 5.16 Å². The fraction of sp³-hybridized carbons (Fsp3) is 0.192. The minimum absolute atomic E-state index is 0.0647. The van der Waals surface area contributed by atoms with Gasteiger partial charge in [0.15, 0.2) is 11.0 Å². The van der Waals surface area contributed by atoms with Crippen molar-refractivity contribution in [2.24, 2.45) is 0 Å². The van der Waals surface area contributed by atoms with Gasteiger partial charge in [-0.25, -0.2) is 0 Å². The topological polar surface area (TPSA) is 59.8 Å². The molecule has 1 N–H and O–H groups in total. The number of aryl methyl sites for hydroxylation is 4. The van der Waals surface area contributed by atoms with Gasteiger partial charge in [-0.15, -0.1) is 10.2 Å². The lowest BCUT2D eigenvalue weighted by Crippen LogP contribution is -2.16. The van der Waals surface area contributed by atoms with E-state index < -0.39 is 0 Å². The molecule has 0 aliphatic heterocycles. The van der Waals surface area contributed by atoms with Gasteiger partial charge in [-0.05, 0) is 56.5 Å². The highest BCUT2D eigenvalue weighted by Gasteiger charge is 2.18. The number of amides is 1. The van der Waals surface area contributed by atoms with Crippen molar-refractivity contribution in [3.8, 4) is 17.1 Å². The van der Waals surface area contributed by atoms with E-state index in [-0.39, 0.29) is 11.7 Å².